The van der Waals surface area contributed by atoms with Crippen LogP contribution in [-0.2, 0) is 0 Å². The van der Waals surface area contributed by atoms with Gasteiger partial charge in [0.25, 0.3) is 0 Å². The number of nitrogens with two attached hydrogens (primary N) is 1. The Hall–Kier alpha value is -0.760. The third kappa shape index (κ3) is 1.57. The normalized spacial score (nSPS) is 20.4. The fraction of sp³-hybridized carbons (Fsp3) is 0.429. The molecule has 2 nitrogen and oxygen atoms in total. The van der Waals surface area contributed by atoms with Gasteiger partial charge in [-0.2, -0.15) is 0 Å². The summed E-state index contributed by atoms with van der Waals surface area (Å²) < 4.78 is 0. The number of allylic oxidation sites excluding steroid dienone is 2. The SMILES string of the molecule is CC(N)C1=CC=CCN1. The second-order valence-corrected chi connectivity index (χ2v) is 2.22. The van der Waals surface area contributed by atoms with Crippen molar-refractivity contribution in [2.75, 3.05) is 6.54 Å². The van der Waals surface area contributed by atoms with Crippen LogP contribution in [0.5, 0.6) is 0 Å². The molecular weight excluding hydrogens is 112 g/mol. The van der Waals surface area contributed by atoms with Crippen molar-refractivity contribution in [3.8, 4) is 0 Å². The molecular formula is C7H12N2. The monoisotopic (exact) mass is 124 g/mol. The van der Waals surface area contributed by atoms with Gasteiger partial charge in [0, 0.05) is 18.3 Å². The van der Waals surface area contributed by atoms with Gasteiger partial charge in [0.1, 0.15) is 0 Å². The lowest BCUT2D eigenvalue weighted by Crippen LogP contribution is -2.29. The van der Waals surface area contributed by atoms with Crippen molar-refractivity contribution in [2.24, 2.45) is 5.73 Å². The van der Waals surface area contributed by atoms with Crippen molar-refractivity contribution in [3.05, 3.63) is 23.9 Å². The highest BCUT2D eigenvalue weighted by atomic mass is 14.9. The first-order valence-corrected chi connectivity index (χ1v) is 3.17. The number of dihydropyridines is 1. The van der Waals surface area contributed by atoms with Gasteiger partial charge in [-0.1, -0.05) is 12.2 Å². The summed E-state index contributed by atoms with van der Waals surface area (Å²) in [5.74, 6) is 0. The third-order valence-electron chi connectivity index (χ3n) is 1.33. The fourth-order valence-corrected chi connectivity index (χ4v) is 0.788. The van der Waals surface area contributed by atoms with E-state index in [-0.39, 0.29) is 6.04 Å². The number of rotatable bonds is 1. The average Bonchev–Trinajstić information content (AvgIpc) is 1.90. The molecule has 2 heteroatoms. The van der Waals surface area contributed by atoms with E-state index in [0.717, 1.165) is 12.2 Å². The van der Waals surface area contributed by atoms with Gasteiger partial charge < -0.3 is 11.1 Å². The van der Waals surface area contributed by atoms with Crippen LogP contribution in [0.3, 0.4) is 0 Å². The smallest absolute Gasteiger partial charge is 0.0415 e. The van der Waals surface area contributed by atoms with E-state index in [9.17, 15) is 0 Å². The van der Waals surface area contributed by atoms with E-state index in [2.05, 4.69) is 11.4 Å². The van der Waals surface area contributed by atoms with Gasteiger partial charge in [0.2, 0.25) is 0 Å². The minimum atomic E-state index is 0.134. The highest BCUT2D eigenvalue weighted by Gasteiger charge is 2.01. The molecule has 1 heterocycles. The van der Waals surface area contributed by atoms with Crippen molar-refractivity contribution in [2.45, 2.75) is 13.0 Å². The van der Waals surface area contributed by atoms with Crippen LogP contribution in [0.25, 0.3) is 0 Å². The fourth-order valence-electron chi connectivity index (χ4n) is 0.788. The summed E-state index contributed by atoms with van der Waals surface area (Å²) >= 11 is 0. The Morgan fingerprint density at radius 3 is 2.89 bits per heavy atom. The minimum Gasteiger partial charge on any atom is -0.384 e. The molecule has 0 amide bonds. The van der Waals surface area contributed by atoms with E-state index >= 15 is 0 Å². The van der Waals surface area contributed by atoms with Gasteiger partial charge in [0.05, 0.1) is 0 Å². The lowest BCUT2D eigenvalue weighted by molar-refractivity contribution is 0.740. The lowest BCUT2D eigenvalue weighted by atomic mass is 10.2. The summed E-state index contributed by atoms with van der Waals surface area (Å²) in [5.41, 5.74) is 6.73. The van der Waals surface area contributed by atoms with Gasteiger partial charge in [-0.15, -0.1) is 0 Å². The molecule has 0 radical (unpaired) electrons. The molecule has 0 aromatic rings. The maximum absolute atomic E-state index is 5.60. The summed E-state index contributed by atoms with van der Waals surface area (Å²) in [6.45, 7) is 2.88. The van der Waals surface area contributed by atoms with Crippen LogP contribution in [0.2, 0.25) is 0 Å². The summed E-state index contributed by atoms with van der Waals surface area (Å²) in [7, 11) is 0. The highest BCUT2D eigenvalue weighted by molar-refractivity contribution is 5.19. The van der Waals surface area contributed by atoms with Crippen molar-refractivity contribution < 1.29 is 0 Å². The van der Waals surface area contributed by atoms with Gasteiger partial charge in [-0.25, -0.2) is 0 Å². The molecule has 0 saturated carbocycles. The van der Waals surface area contributed by atoms with Crippen molar-refractivity contribution in [1.82, 2.24) is 5.32 Å². The van der Waals surface area contributed by atoms with Gasteiger partial charge in [-0.05, 0) is 13.0 Å². The van der Waals surface area contributed by atoms with Crippen molar-refractivity contribution in [1.29, 1.82) is 0 Å². The molecule has 1 atom stereocenters. The highest BCUT2D eigenvalue weighted by Crippen LogP contribution is 1.98. The Labute approximate surface area is 55.4 Å². The first-order valence-electron chi connectivity index (χ1n) is 3.17. The summed E-state index contributed by atoms with van der Waals surface area (Å²) in [6.07, 6.45) is 6.09. The van der Waals surface area contributed by atoms with E-state index in [1.54, 1.807) is 0 Å². The lowest BCUT2D eigenvalue weighted by Gasteiger charge is -2.14. The molecule has 0 bridgehead atoms. The zero-order chi connectivity index (χ0) is 6.69. The maximum Gasteiger partial charge on any atom is 0.0415 e. The zero-order valence-electron chi connectivity index (χ0n) is 5.59. The van der Waals surface area contributed by atoms with Crippen LogP contribution < -0.4 is 11.1 Å². The van der Waals surface area contributed by atoms with Crippen LogP contribution in [-0.4, -0.2) is 12.6 Å². The molecule has 1 aliphatic heterocycles. The molecule has 1 unspecified atom stereocenters. The Morgan fingerprint density at radius 1 is 1.78 bits per heavy atom. The standard InChI is InChI=1S/C7H12N2/c1-6(8)7-4-2-3-5-9-7/h2-4,6,9H,5,8H2,1H3. The van der Waals surface area contributed by atoms with Crippen LogP contribution in [0.15, 0.2) is 23.9 Å². The Balaban J connectivity index is 2.57. The van der Waals surface area contributed by atoms with E-state index in [4.69, 9.17) is 5.73 Å². The Morgan fingerprint density at radius 2 is 2.56 bits per heavy atom. The first kappa shape index (κ1) is 6.36. The van der Waals surface area contributed by atoms with Crippen LogP contribution >= 0.6 is 0 Å². The topological polar surface area (TPSA) is 38.0 Å². The molecule has 0 aliphatic carbocycles. The summed E-state index contributed by atoms with van der Waals surface area (Å²) in [5, 5.41) is 3.17. The second kappa shape index (κ2) is 2.69. The largest absolute Gasteiger partial charge is 0.384 e. The first-order chi connectivity index (χ1) is 4.30. The third-order valence-corrected chi connectivity index (χ3v) is 1.33. The molecule has 1 aliphatic rings. The van der Waals surface area contributed by atoms with E-state index in [0.29, 0.717) is 0 Å². The van der Waals surface area contributed by atoms with Gasteiger partial charge in [-0.3, -0.25) is 0 Å². The molecule has 0 spiro atoms. The molecule has 3 N–H and O–H groups in total. The predicted octanol–water partition coefficient (Wildman–Crippen LogP) is 0.377. The molecule has 0 saturated heterocycles. The molecule has 0 aromatic heterocycles. The Bertz CT molecular complexity index is 145. The molecule has 0 aromatic carbocycles. The maximum atomic E-state index is 5.60. The zero-order valence-corrected chi connectivity index (χ0v) is 5.59. The van der Waals surface area contributed by atoms with Crippen LogP contribution in [0.1, 0.15) is 6.92 Å². The van der Waals surface area contributed by atoms with Gasteiger partial charge >= 0.3 is 0 Å². The van der Waals surface area contributed by atoms with Gasteiger partial charge in [0.15, 0.2) is 0 Å². The second-order valence-electron chi connectivity index (χ2n) is 2.22. The van der Waals surface area contributed by atoms with Crippen molar-refractivity contribution >= 4 is 0 Å². The average molecular weight is 124 g/mol. The van der Waals surface area contributed by atoms with Crippen molar-refractivity contribution in [3.63, 3.8) is 0 Å². The predicted molar refractivity (Wildman–Crippen MR) is 38.9 cm³/mol. The molecule has 0 fully saturated rings. The quantitative estimate of drug-likeness (QED) is 0.530. The van der Waals surface area contributed by atoms with Crippen LogP contribution in [0, 0.1) is 0 Å². The van der Waals surface area contributed by atoms with E-state index in [1.807, 2.05) is 19.1 Å². The summed E-state index contributed by atoms with van der Waals surface area (Å²) in [6, 6.07) is 0.134. The molecule has 50 valence electrons. The van der Waals surface area contributed by atoms with E-state index < -0.39 is 0 Å². The Kier molecular flexibility index (Phi) is 1.90. The van der Waals surface area contributed by atoms with Crippen LogP contribution in [0.4, 0.5) is 0 Å². The number of nitrogens with one attached hydrogen (secondary N) is 1. The number of hydrogen-bond donors (Lipinski definition) is 2. The van der Waals surface area contributed by atoms with E-state index in [1.165, 1.54) is 0 Å². The summed E-state index contributed by atoms with van der Waals surface area (Å²) in [4.78, 5) is 0. The molecule has 1 rings (SSSR count). The minimum absolute atomic E-state index is 0.134. The molecule has 9 heavy (non-hydrogen) atoms. The number of hydrogen-bond acceptors (Lipinski definition) is 2.